The Morgan fingerprint density at radius 3 is 2.72 bits per heavy atom. The van der Waals surface area contributed by atoms with Crippen molar-refractivity contribution >= 4 is 15.9 Å². The highest BCUT2D eigenvalue weighted by molar-refractivity contribution is 9.10. The highest BCUT2D eigenvalue weighted by Gasteiger charge is 2.12. The molecule has 0 saturated heterocycles. The maximum absolute atomic E-state index is 13.4. The number of hydrogen-bond acceptors (Lipinski definition) is 3. The number of halogens is 3. The van der Waals surface area contributed by atoms with Crippen LogP contribution in [0.5, 0.6) is 5.75 Å². The van der Waals surface area contributed by atoms with Gasteiger partial charge in [0.1, 0.15) is 12.4 Å². The van der Waals surface area contributed by atoms with Gasteiger partial charge >= 0.3 is 0 Å². The van der Waals surface area contributed by atoms with E-state index in [1.807, 2.05) is 0 Å². The van der Waals surface area contributed by atoms with Gasteiger partial charge in [-0.15, -0.1) is 0 Å². The molecule has 2 aromatic rings. The number of rotatable bonds is 4. The minimum absolute atomic E-state index is 0.00676. The van der Waals surface area contributed by atoms with Crippen LogP contribution in [-0.2, 0) is 13.2 Å². The summed E-state index contributed by atoms with van der Waals surface area (Å²) in [7, 11) is 0. The van der Waals surface area contributed by atoms with Crippen molar-refractivity contribution in [3.8, 4) is 5.75 Å². The second-order valence-electron chi connectivity index (χ2n) is 3.61. The molecule has 1 aromatic carbocycles. The molecule has 0 amide bonds. The van der Waals surface area contributed by atoms with Crippen molar-refractivity contribution in [2.24, 2.45) is 5.73 Å². The second-order valence-corrected chi connectivity index (χ2v) is 4.53. The quantitative estimate of drug-likeness (QED) is 0.880. The van der Waals surface area contributed by atoms with Gasteiger partial charge in [-0.2, -0.15) is 4.39 Å². The van der Waals surface area contributed by atoms with Gasteiger partial charge in [0.05, 0.1) is 6.26 Å². The fraction of sp³-hybridized carbons (Fsp3) is 0.167. The van der Waals surface area contributed by atoms with Gasteiger partial charge in [0.15, 0.2) is 11.6 Å². The zero-order chi connectivity index (χ0) is 13.1. The molecule has 6 heteroatoms. The van der Waals surface area contributed by atoms with Crippen LogP contribution in [0.4, 0.5) is 8.78 Å². The molecule has 0 spiro atoms. The molecule has 0 aliphatic heterocycles. The Labute approximate surface area is 111 Å². The van der Waals surface area contributed by atoms with Crippen LogP contribution in [0.3, 0.4) is 0 Å². The summed E-state index contributed by atoms with van der Waals surface area (Å²) in [6.07, 6.45) is 1.50. The van der Waals surface area contributed by atoms with Crippen LogP contribution in [0.2, 0.25) is 0 Å². The molecule has 0 atom stereocenters. The van der Waals surface area contributed by atoms with E-state index in [1.165, 1.54) is 12.3 Å². The predicted octanol–water partition coefficient (Wildman–Crippen LogP) is 3.36. The van der Waals surface area contributed by atoms with Crippen LogP contribution in [0.25, 0.3) is 0 Å². The lowest BCUT2D eigenvalue weighted by Gasteiger charge is -2.06. The van der Waals surface area contributed by atoms with Crippen LogP contribution >= 0.6 is 15.9 Å². The van der Waals surface area contributed by atoms with E-state index in [-0.39, 0.29) is 12.4 Å². The fourth-order valence-corrected chi connectivity index (χ4v) is 1.80. The van der Waals surface area contributed by atoms with Crippen LogP contribution in [-0.4, -0.2) is 0 Å². The Hall–Kier alpha value is -1.40. The van der Waals surface area contributed by atoms with E-state index in [0.717, 1.165) is 11.6 Å². The van der Waals surface area contributed by atoms with Crippen molar-refractivity contribution in [2.45, 2.75) is 13.2 Å². The Bertz CT molecular complexity index is 557. The van der Waals surface area contributed by atoms with Gasteiger partial charge in [-0.05, 0) is 18.2 Å². The minimum atomic E-state index is -1.02. The van der Waals surface area contributed by atoms with E-state index < -0.39 is 11.6 Å². The molecule has 3 nitrogen and oxygen atoms in total. The standard InChI is InChI=1S/C12H10BrF2NO2/c13-8-2-10(14)12(15)11(3-8)18-6-9-1-7(4-16)5-17-9/h1-3,5H,4,6,16H2. The van der Waals surface area contributed by atoms with Gasteiger partial charge < -0.3 is 14.9 Å². The van der Waals surface area contributed by atoms with Gasteiger partial charge in [0.2, 0.25) is 5.82 Å². The van der Waals surface area contributed by atoms with Gasteiger partial charge in [0.25, 0.3) is 0 Å². The summed E-state index contributed by atoms with van der Waals surface area (Å²) in [6, 6.07) is 4.08. The summed E-state index contributed by atoms with van der Waals surface area (Å²) >= 11 is 3.06. The molecular formula is C12H10BrF2NO2. The SMILES string of the molecule is NCc1coc(COc2cc(Br)cc(F)c2F)c1. The maximum atomic E-state index is 13.4. The van der Waals surface area contributed by atoms with E-state index in [1.54, 1.807) is 6.07 Å². The Morgan fingerprint density at radius 1 is 1.28 bits per heavy atom. The van der Waals surface area contributed by atoms with Crippen molar-refractivity contribution < 1.29 is 17.9 Å². The zero-order valence-corrected chi connectivity index (χ0v) is 10.8. The Morgan fingerprint density at radius 2 is 2.06 bits per heavy atom. The number of furan rings is 1. The third kappa shape index (κ3) is 2.88. The van der Waals surface area contributed by atoms with Crippen molar-refractivity contribution in [2.75, 3.05) is 0 Å². The van der Waals surface area contributed by atoms with Crippen molar-refractivity contribution in [3.05, 3.63) is 51.9 Å². The number of nitrogens with two attached hydrogens (primary N) is 1. The van der Waals surface area contributed by atoms with E-state index in [0.29, 0.717) is 16.8 Å². The topological polar surface area (TPSA) is 48.4 Å². The molecule has 0 saturated carbocycles. The first kappa shape index (κ1) is 13.0. The maximum Gasteiger partial charge on any atom is 0.200 e. The first-order valence-electron chi connectivity index (χ1n) is 5.14. The predicted molar refractivity (Wildman–Crippen MR) is 65.0 cm³/mol. The number of hydrogen-bond donors (Lipinski definition) is 1. The summed E-state index contributed by atoms with van der Waals surface area (Å²) in [5.74, 6) is -1.67. The molecule has 1 heterocycles. The molecule has 18 heavy (non-hydrogen) atoms. The van der Waals surface area contributed by atoms with Crippen LogP contribution in [0, 0.1) is 11.6 Å². The lowest BCUT2D eigenvalue weighted by molar-refractivity contribution is 0.254. The van der Waals surface area contributed by atoms with E-state index in [2.05, 4.69) is 15.9 Å². The zero-order valence-electron chi connectivity index (χ0n) is 9.25. The lowest BCUT2D eigenvalue weighted by atomic mass is 10.3. The average Bonchev–Trinajstić information content (AvgIpc) is 2.80. The molecule has 1 aromatic heterocycles. The molecule has 0 fully saturated rings. The minimum Gasteiger partial charge on any atom is -0.482 e. The second kappa shape index (κ2) is 5.49. The number of ether oxygens (including phenoxy) is 1. The van der Waals surface area contributed by atoms with E-state index >= 15 is 0 Å². The summed E-state index contributed by atoms with van der Waals surface area (Å²) in [4.78, 5) is 0. The summed E-state index contributed by atoms with van der Waals surface area (Å²) in [5, 5.41) is 0. The van der Waals surface area contributed by atoms with E-state index in [9.17, 15) is 8.78 Å². The normalized spacial score (nSPS) is 10.7. The van der Waals surface area contributed by atoms with Gasteiger partial charge in [-0.25, -0.2) is 4.39 Å². The summed E-state index contributed by atoms with van der Waals surface area (Å²) in [5.41, 5.74) is 6.23. The molecule has 0 radical (unpaired) electrons. The van der Waals surface area contributed by atoms with Crippen molar-refractivity contribution in [1.29, 1.82) is 0 Å². The third-order valence-corrected chi connectivity index (χ3v) is 2.73. The van der Waals surface area contributed by atoms with Gasteiger partial charge in [0, 0.05) is 16.6 Å². The van der Waals surface area contributed by atoms with Gasteiger partial charge in [-0.3, -0.25) is 0 Å². The first-order valence-corrected chi connectivity index (χ1v) is 5.93. The van der Waals surface area contributed by atoms with Crippen molar-refractivity contribution in [1.82, 2.24) is 0 Å². The molecule has 0 aliphatic carbocycles. The van der Waals surface area contributed by atoms with Gasteiger partial charge in [-0.1, -0.05) is 15.9 Å². The highest BCUT2D eigenvalue weighted by atomic mass is 79.9. The lowest BCUT2D eigenvalue weighted by Crippen LogP contribution is -1.98. The summed E-state index contributed by atoms with van der Waals surface area (Å²) < 4.78 is 37.2. The molecule has 2 rings (SSSR count). The Kier molecular flexibility index (Phi) is 3.98. The highest BCUT2D eigenvalue weighted by Crippen LogP contribution is 2.26. The van der Waals surface area contributed by atoms with Crippen LogP contribution in [0.15, 0.2) is 33.4 Å². The molecule has 96 valence electrons. The van der Waals surface area contributed by atoms with Crippen LogP contribution in [0.1, 0.15) is 11.3 Å². The first-order chi connectivity index (χ1) is 8.60. The van der Waals surface area contributed by atoms with E-state index in [4.69, 9.17) is 14.9 Å². The van der Waals surface area contributed by atoms with Crippen LogP contribution < -0.4 is 10.5 Å². The molecule has 0 aliphatic rings. The number of benzene rings is 1. The molecule has 2 N–H and O–H groups in total. The molecule has 0 unspecified atom stereocenters. The monoisotopic (exact) mass is 317 g/mol. The fourth-order valence-electron chi connectivity index (χ4n) is 1.40. The largest absolute Gasteiger partial charge is 0.482 e. The third-order valence-electron chi connectivity index (χ3n) is 2.27. The smallest absolute Gasteiger partial charge is 0.200 e. The molecule has 0 bridgehead atoms. The Balaban J connectivity index is 2.10. The molecular weight excluding hydrogens is 308 g/mol. The summed E-state index contributed by atoms with van der Waals surface area (Å²) in [6.45, 7) is 0.357. The average molecular weight is 318 g/mol. The van der Waals surface area contributed by atoms with Crippen molar-refractivity contribution in [3.63, 3.8) is 0 Å².